The highest BCUT2D eigenvalue weighted by molar-refractivity contribution is 5.78. The van der Waals surface area contributed by atoms with Gasteiger partial charge in [0.2, 0.25) is 5.91 Å². The number of amides is 3. The Bertz CT molecular complexity index is 412. The van der Waals surface area contributed by atoms with Crippen molar-refractivity contribution in [2.24, 2.45) is 5.92 Å². The number of carbonyl (C=O) groups is 3. The van der Waals surface area contributed by atoms with E-state index in [0.29, 0.717) is 6.54 Å². The average molecular weight is 297 g/mol. The van der Waals surface area contributed by atoms with Gasteiger partial charge in [-0.2, -0.15) is 0 Å². The van der Waals surface area contributed by atoms with Gasteiger partial charge >= 0.3 is 12.0 Å². The van der Waals surface area contributed by atoms with Crippen LogP contribution in [0.15, 0.2) is 0 Å². The molecule has 0 aromatic rings. The van der Waals surface area contributed by atoms with Crippen LogP contribution in [0, 0.1) is 5.92 Å². The van der Waals surface area contributed by atoms with E-state index in [9.17, 15) is 14.4 Å². The highest BCUT2D eigenvalue weighted by Gasteiger charge is 2.43. The van der Waals surface area contributed by atoms with Gasteiger partial charge in [-0.15, -0.1) is 0 Å². The summed E-state index contributed by atoms with van der Waals surface area (Å²) in [6.07, 6.45) is 3.90. The fraction of sp³-hybridized carbons (Fsp3) is 0.786. The van der Waals surface area contributed by atoms with Crippen LogP contribution in [0.1, 0.15) is 38.5 Å². The molecule has 2 saturated heterocycles. The van der Waals surface area contributed by atoms with E-state index in [1.165, 1.54) is 0 Å². The molecule has 2 bridgehead atoms. The summed E-state index contributed by atoms with van der Waals surface area (Å²) in [6.45, 7) is 0.326. The predicted octanol–water partition coefficient (Wildman–Crippen LogP) is 0.550. The van der Waals surface area contributed by atoms with Crippen LogP contribution in [0.3, 0.4) is 0 Å². The Labute approximate surface area is 124 Å². The van der Waals surface area contributed by atoms with Gasteiger partial charge in [-0.05, 0) is 31.6 Å². The van der Waals surface area contributed by atoms with Crippen molar-refractivity contribution in [1.82, 2.24) is 15.5 Å². The first-order chi connectivity index (χ1) is 10.0. The van der Waals surface area contributed by atoms with Crippen molar-refractivity contribution in [3.63, 3.8) is 0 Å². The molecular weight excluding hydrogens is 274 g/mol. The third-order valence-electron chi connectivity index (χ3n) is 4.44. The lowest BCUT2D eigenvalue weighted by Crippen LogP contribution is -2.51. The number of nitrogens with one attached hydrogen (secondary N) is 2. The molecule has 7 heteroatoms. The van der Waals surface area contributed by atoms with Crippen LogP contribution < -0.4 is 10.6 Å². The number of urea groups is 1. The molecule has 0 aromatic carbocycles. The first kappa shape index (κ1) is 15.6. The standard InChI is InChI=1S/C14H23N3O4/c1-15-12(18)4-5-16-14(21)17-10-2-3-11(17)7-9(6-10)8-13(19)20/h9-11H,2-8H2,1H3,(H,15,18)(H,16,21)(H,19,20). The number of piperidine rings is 1. The number of hydrogen-bond donors (Lipinski definition) is 3. The molecule has 7 nitrogen and oxygen atoms in total. The fourth-order valence-electron chi connectivity index (χ4n) is 3.53. The quantitative estimate of drug-likeness (QED) is 0.690. The highest BCUT2D eigenvalue weighted by atomic mass is 16.4. The minimum absolute atomic E-state index is 0.0987. The van der Waals surface area contributed by atoms with Gasteiger partial charge in [0.05, 0.1) is 0 Å². The molecule has 118 valence electrons. The third kappa shape index (κ3) is 3.86. The number of carbonyl (C=O) groups excluding carboxylic acids is 2. The van der Waals surface area contributed by atoms with Crippen molar-refractivity contribution in [3.8, 4) is 0 Å². The van der Waals surface area contributed by atoms with Gasteiger partial charge in [-0.3, -0.25) is 9.59 Å². The second-order valence-corrected chi connectivity index (χ2v) is 5.88. The first-order valence-electron chi connectivity index (χ1n) is 7.49. The second-order valence-electron chi connectivity index (χ2n) is 5.88. The lowest BCUT2D eigenvalue weighted by atomic mass is 9.88. The van der Waals surface area contributed by atoms with E-state index in [1.807, 2.05) is 4.90 Å². The Kier molecular flexibility index (Phi) is 5.03. The lowest BCUT2D eigenvalue weighted by Gasteiger charge is -2.38. The topological polar surface area (TPSA) is 98.7 Å². The van der Waals surface area contributed by atoms with Gasteiger partial charge in [-0.1, -0.05) is 0 Å². The molecule has 2 fully saturated rings. The molecule has 0 saturated carbocycles. The van der Waals surface area contributed by atoms with Gasteiger partial charge in [0, 0.05) is 38.5 Å². The lowest BCUT2D eigenvalue weighted by molar-refractivity contribution is -0.138. The Morgan fingerprint density at radius 1 is 1.19 bits per heavy atom. The van der Waals surface area contributed by atoms with Gasteiger partial charge in [0.25, 0.3) is 0 Å². The van der Waals surface area contributed by atoms with Crippen LogP contribution in [-0.4, -0.2) is 53.6 Å². The Morgan fingerprint density at radius 2 is 1.81 bits per heavy atom. The smallest absolute Gasteiger partial charge is 0.317 e. The van der Waals surface area contributed by atoms with Crippen LogP contribution >= 0.6 is 0 Å². The fourth-order valence-corrected chi connectivity index (χ4v) is 3.53. The van der Waals surface area contributed by atoms with Crippen molar-refractivity contribution in [2.45, 2.75) is 50.6 Å². The molecule has 2 atom stereocenters. The van der Waals surface area contributed by atoms with Crippen molar-refractivity contribution in [1.29, 1.82) is 0 Å². The van der Waals surface area contributed by atoms with Gasteiger partial charge in [0.15, 0.2) is 0 Å². The Morgan fingerprint density at radius 3 is 2.33 bits per heavy atom. The predicted molar refractivity (Wildman–Crippen MR) is 75.7 cm³/mol. The zero-order chi connectivity index (χ0) is 15.4. The molecule has 0 radical (unpaired) electrons. The van der Waals surface area contributed by atoms with E-state index in [2.05, 4.69) is 10.6 Å². The second kappa shape index (κ2) is 6.78. The maximum absolute atomic E-state index is 12.2. The molecule has 2 aliphatic rings. The van der Waals surface area contributed by atoms with E-state index in [0.717, 1.165) is 25.7 Å². The SMILES string of the molecule is CNC(=O)CCNC(=O)N1C2CCC1CC(CC(=O)O)C2. The van der Waals surface area contributed by atoms with Gasteiger partial charge in [-0.25, -0.2) is 4.79 Å². The maximum atomic E-state index is 12.2. The summed E-state index contributed by atoms with van der Waals surface area (Å²) in [6, 6.07) is 0.168. The average Bonchev–Trinajstić information content (AvgIpc) is 2.69. The van der Waals surface area contributed by atoms with E-state index >= 15 is 0 Å². The number of carboxylic acids is 1. The van der Waals surface area contributed by atoms with Crippen molar-refractivity contribution in [2.75, 3.05) is 13.6 Å². The summed E-state index contributed by atoms with van der Waals surface area (Å²) >= 11 is 0. The van der Waals surface area contributed by atoms with Crippen LogP contribution in [0.5, 0.6) is 0 Å². The van der Waals surface area contributed by atoms with E-state index < -0.39 is 5.97 Å². The monoisotopic (exact) mass is 297 g/mol. The number of fused-ring (bicyclic) bond motifs is 2. The molecule has 3 N–H and O–H groups in total. The van der Waals surface area contributed by atoms with Crippen molar-refractivity contribution in [3.05, 3.63) is 0 Å². The normalized spacial score (nSPS) is 27.3. The molecule has 2 aliphatic heterocycles. The molecule has 2 rings (SSSR count). The van der Waals surface area contributed by atoms with Crippen LogP contribution in [0.25, 0.3) is 0 Å². The first-order valence-corrected chi connectivity index (χ1v) is 7.49. The highest BCUT2D eigenvalue weighted by Crippen LogP contribution is 2.39. The summed E-state index contributed by atoms with van der Waals surface area (Å²) < 4.78 is 0. The molecule has 2 unspecified atom stereocenters. The molecule has 2 heterocycles. The summed E-state index contributed by atoms with van der Waals surface area (Å²) in [4.78, 5) is 36.0. The zero-order valence-electron chi connectivity index (χ0n) is 12.3. The van der Waals surface area contributed by atoms with Gasteiger partial charge < -0.3 is 20.6 Å². The maximum Gasteiger partial charge on any atom is 0.317 e. The minimum Gasteiger partial charge on any atom is -0.481 e. The molecule has 0 spiro atoms. The number of rotatable bonds is 5. The summed E-state index contributed by atoms with van der Waals surface area (Å²) in [5.74, 6) is -0.684. The number of aliphatic carboxylic acids is 1. The zero-order valence-corrected chi connectivity index (χ0v) is 12.3. The molecule has 0 aromatic heterocycles. The van der Waals surface area contributed by atoms with E-state index in [1.54, 1.807) is 7.05 Å². The van der Waals surface area contributed by atoms with Crippen LogP contribution in [-0.2, 0) is 9.59 Å². The largest absolute Gasteiger partial charge is 0.481 e. The Balaban J connectivity index is 1.83. The Hall–Kier alpha value is -1.79. The number of nitrogens with zero attached hydrogens (tertiary/aromatic N) is 1. The molecular formula is C14H23N3O4. The summed E-state index contributed by atoms with van der Waals surface area (Å²) in [5.41, 5.74) is 0. The molecule has 3 amide bonds. The molecule has 21 heavy (non-hydrogen) atoms. The number of hydrogen-bond acceptors (Lipinski definition) is 3. The number of carboxylic acid groups (broad SMARTS) is 1. The van der Waals surface area contributed by atoms with Crippen molar-refractivity contribution >= 4 is 17.9 Å². The minimum atomic E-state index is -0.761. The van der Waals surface area contributed by atoms with Crippen molar-refractivity contribution < 1.29 is 19.5 Å². The van der Waals surface area contributed by atoms with Gasteiger partial charge in [0.1, 0.15) is 0 Å². The van der Waals surface area contributed by atoms with Crippen LogP contribution in [0.4, 0.5) is 4.79 Å². The summed E-state index contributed by atoms with van der Waals surface area (Å²) in [5, 5.41) is 14.2. The van der Waals surface area contributed by atoms with E-state index in [-0.39, 0.29) is 42.8 Å². The third-order valence-corrected chi connectivity index (χ3v) is 4.44. The van der Waals surface area contributed by atoms with Crippen LogP contribution in [0.2, 0.25) is 0 Å². The van der Waals surface area contributed by atoms with E-state index in [4.69, 9.17) is 5.11 Å². The molecule has 0 aliphatic carbocycles. The summed E-state index contributed by atoms with van der Waals surface area (Å²) in [7, 11) is 1.57.